The monoisotopic (exact) mass is 467 g/mol. The van der Waals surface area contributed by atoms with E-state index in [1.165, 1.54) is 19.1 Å². The summed E-state index contributed by atoms with van der Waals surface area (Å²) >= 11 is 0. The molecular formula is C26H27F2N3O3. The highest BCUT2D eigenvalue weighted by atomic mass is 19.1. The average Bonchev–Trinajstić information content (AvgIpc) is 3.26. The molecule has 4 rings (SSSR count). The lowest BCUT2D eigenvalue weighted by atomic mass is 9.85. The molecule has 1 atom stereocenters. The number of fused-ring (bicyclic) bond motifs is 1. The van der Waals surface area contributed by atoms with Gasteiger partial charge in [-0.05, 0) is 41.7 Å². The van der Waals surface area contributed by atoms with E-state index in [9.17, 15) is 23.8 Å². The van der Waals surface area contributed by atoms with Gasteiger partial charge in [-0.1, -0.05) is 32.0 Å². The van der Waals surface area contributed by atoms with Gasteiger partial charge >= 0.3 is 0 Å². The van der Waals surface area contributed by atoms with Crippen LogP contribution >= 0.6 is 0 Å². The van der Waals surface area contributed by atoms with Crippen LogP contribution in [0, 0.1) is 11.6 Å². The van der Waals surface area contributed by atoms with Gasteiger partial charge < -0.3 is 25.5 Å². The van der Waals surface area contributed by atoms with Crippen LogP contribution < -0.4 is 5.32 Å². The first-order valence-corrected chi connectivity index (χ1v) is 11.1. The molecule has 2 heterocycles. The van der Waals surface area contributed by atoms with Gasteiger partial charge in [-0.15, -0.1) is 0 Å². The Hall–Kier alpha value is -3.81. The van der Waals surface area contributed by atoms with Crippen molar-refractivity contribution in [1.29, 1.82) is 0 Å². The number of para-hydroxylation sites is 1. The molecule has 0 saturated heterocycles. The zero-order valence-corrected chi connectivity index (χ0v) is 19.2. The largest absolute Gasteiger partial charge is 0.506 e. The lowest BCUT2D eigenvalue weighted by molar-refractivity contribution is -0.118. The Kier molecular flexibility index (Phi) is 6.32. The number of hydrogen-bond donors (Lipinski definition) is 5. The summed E-state index contributed by atoms with van der Waals surface area (Å²) in [6.45, 7) is 5.48. The zero-order valence-electron chi connectivity index (χ0n) is 19.2. The Morgan fingerprint density at radius 1 is 1.03 bits per heavy atom. The van der Waals surface area contributed by atoms with E-state index < -0.39 is 17.6 Å². The third-order valence-corrected chi connectivity index (χ3v) is 5.99. The number of carbonyl (C=O) groups is 1. The Labute approximate surface area is 195 Å². The van der Waals surface area contributed by atoms with Gasteiger partial charge in [0.1, 0.15) is 17.4 Å². The van der Waals surface area contributed by atoms with Crippen LogP contribution in [-0.4, -0.2) is 32.6 Å². The Bertz CT molecular complexity index is 1340. The molecule has 4 aromatic rings. The topological polar surface area (TPSA) is 101 Å². The van der Waals surface area contributed by atoms with Crippen LogP contribution in [0.5, 0.6) is 11.6 Å². The predicted molar refractivity (Wildman–Crippen MR) is 126 cm³/mol. The van der Waals surface area contributed by atoms with E-state index in [1.54, 1.807) is 0 Å². The normalized spacial score (nSPS) is 12.4. The van der Waals surface area contributed by atoms with Crippen LogP contribution in [0.25, 0.3) is 10.9 Å². The number of aromatic nitrogens is 2. The van der Waals surface area contributed by atoms with Crippen LogP contribution in [0.2, 0.25) is 0 Å². The standard InChI is InChI=1S/C26H27F2N3O3/c1-13(2)23-25(33)22(26(34)31-23)21(15-10-16(27)12-17(28)11-15)24-19(8-9-29-14(3)32)18-6-4-5-7-20(18)30-24/h4-7,10-13,21,30-31,33-34H,8-9H2,1-3H3,(H,29,32). The molecule has 8 heteroatoms. The van der Waals surface area contributed by atoms with Gasteiger partial charge in [0.15, 0.2) is 5.88 Å². The van der Waals surface area contributed by atoms with Gasteiger partial charge in [0, 0.05) is 36.1 Å². The minimum Gasteiger partial charge on any atom is -0.506 e. The third kappa shape index (κ3) is 4.35. The number of rotatable bonds is 7. The van der Waals surface area contributed by atoms with Crippen molar-refractivity contribution in [2.45, 2.75) is 39.0 Å². The predicted octanol–water partition coefficient (Wildman–Crippen LogP) is 5.17. The van der Waals surface area contributed by atoms with Crippen LogP contribution in [-0.2, 0) is 11.2 Å². The van der Waals surface area contributed by atoms with Gasteiger partial charge in [-0.3, -0.25) is 4.79 Å². The zero-order chi connectivity index (χ0) is 24.6. The second kappa shape index (κ2) is 9.21. The number of carbonyl (C=O) groups excluding carboxylic acids is 1. The summed E-state index contributed by atoms with van der Waals surface area (Å²) in [5.74, 6) is -3.19. The third-order valence-electron chi connectivity index (χ3n) is 5.99. The summed E-state index contributed by atoms with van der Waals surface area (Å²) in [7, 11) is 0. The fraction of sp³-hybridized carbons (Fsp3) is 0.269. The number of nitrogens with one attached hydrogen (secondary N) is 3. The molecule has 2 aromatic carbocycles. The maximum Gasteiger partial charge on any atom is 0.216 e. The minimum atomic E-state index is -0.909. The minimum absolute atomic E-state index is 0.126. The van der Waals surface area contributed by atoms with E-state index >= 15 is 0 Å². The van der Waals surface area contributed by atoms with Crippen LogP contribution in [0.4, 0.5) is 8.78 Å². The molecule has 5 N–H and O–H groups in total. The number of aromatic amines is 2. The summed E-state index contributed by atoms with van der Waals surface area (Å²) in [5, 5.41) is 25.6. The van der Waals surface area contributed by atoms with Crippen LogP contribution in [0.15, 0.2) is 42.5 Å². The van der Waals surface area contributed by atoms with Gasteiger partial charge in [-0.25, -0.2) is 8.78 Å². The van der Waals surface area contributed by atoms with Crippen molar-refractivity contribution >= 4 is 16.8 Å². The molecule has 6 nitrogen and oxygen atoms in total. The van der Waals surface area contributed by atoms with E-state index in [4.69, 9.17) is 0 Å². The van der Waals surface area contributed by atoms with Gasteiger partial charge in [0.25, 0.3) is 0 Å². The van der Waals surface area contributed by atoms with Crippen LogP contribution in [0.1, 0.15) is 60.7 Å². The summed E-state index contributed by atoms with van der Waals surface area (Å²) in [6, 6.07) is 10.7. The molecule has 0 saturated carbocycles. The van der Waals surface area contributed by atoms with Crippen LogP contribution in [0.3, 0.4) is 0 Å². The molecule has 178 valence electrons. The number of halogens is 2. The lowest BCUT2D eigenvalue weighted by Gasteiger charge is -2.20. The second-order valence-corrected chi connectivity index (χ2v) is 8.74. The van der Waals surface area contributed by atoms with E-state index in [0.29, 0.717) is 24.4 Å². The smallest absolute Gasteiger partial charge is 0.216 e. The quantitative estimate of drug-likeness (QED) is 0.259. The number of hydrogen-bond acceptors (Lipinski definition) is 3. The molecule has 0 fully saturated rings. The van der Waals surface area contributed by atoms with Gasteiger partial charge in [-0.2, -0.15) is 0 Å². The van der Waals surface area contributed by atoms with E-state index in [-0.39, 0.29) is 34.6 Å². The molecule has 2 aromatic heterocycles. The summed E-state index contributed by atoms with van der Waals surface area (Å²) in [4.78, 5) is 17.6. The van der Waals surface area contributed by atoms with Crippen molar-refractivity contribution in [2.24, 2.45) is 0 Å². The molecule has 0 aliphatic heterocycles. The Morgan fingerprint density at radius 2 is 1.71 bits per heavy atom. The first-order chi connectivity index (χ1) is 16.2. The second-order valence-electron chi connectivity index (χ2n) is 8.74. The van der Waals surface area contributed by atoms with E-state index in [2.05, 4.69) is 15.3 Å². The highest BCUT2D eigenvalue weighted by molar-refractivity contribution is 5.85. The number of aromatic hydroxyl groups is 2. The highest BCUT2D eigenvalue weighted by Gasteiger charge is 2.32. The molecule has 0 aliphatic rings. The maximum atomic E-state index is 14.3. The van der Waals surface area contributed by atoms with Gasteiger partial charge in [0.05, 0.1) is 17.2 Å². The maximum absolute atomic E-state index is 14.3. The van der Waals surface area contributed by atoms with E-state index in [1.807, 2.05) is 38.1 Å². The summed E-state index contributed by atoms with van der Waals surface area (Å²) in [6.07, 6.45) is 0.427. The van der Waals surface area contributed by atoms with Crippen molar-refractivity contribution in [3.8, 4) is 11.6 Å². The summed E-state index contributed by atoms with van der Waals surface area (Å²) in [5.41, 5.74) is 2.94. The number of benzene rings is 2. The molecule has 0 spiro atoms. The fourth-order valence-corrected chi connectivity index (χ4v) is 4.52. The molecule has 0 aliphatic carbocycles. The van der Waals surface area contributed by atoms with Crippen molar-refractivity contribution in [1.82, 2.24) is 15.3 Å². The molecule has 34 heavy (non-hydrogen) atoms. The molecular weight excluding hydrogens is 440 g/mol. The summed E-state index contributed by atoms with van der Waals surface area (Å²) < 4.78 is 28.6. The number of amides is 1. The van der Waals surface area contributed by atoms with Crippen molar-refractivity contribution in [3.05, 3.63) is 82.2 Å². The molecule has 1 amide bonds. The van der Waals surface area contributed by atoms with Crippen molar-refractivity contribution in [2.75, 3.05) is 6.54 Å². The molecule has 0 radical (unpaired) electrons. The highest BCUT2D eigenvalue weighted by Crippen LogP contribution is 2.47. The number of H-pyrrole nitrogens is 2. The van der Waals surface area contributed by atoms with Crippen molar-refractivity contribution < 1.29 is 23.8 Å². The first-order valence-electron chi connectivity index (χ1n) is 11.1. The van der Waals surface area contributed by atoms with Gasteiger partial charge in [0.2, 0.25) is 5.91 Å². The fourth-order valence-electron chi connectivity index (χ4n) is 4.52. The lowest BCUT2D eigenvalue weighted by Crippen LogP contribution is -2.23. The average molecular weight is 468 g/mol. The molecule has 1 unspecified atom stereocenters. The Balaban J connectivity index is 1.99. The molecule has 0 bridgehead atoms. The van der Waals surface area contributed by atoms with E-state index in [0.717, 1.165) is 22.5 Å². The first kappa shape index (κ1) is 23.4. The SMILES string of the molecule is CC(=O)NCCc1c(C(c2cc(F)cc(F)c2)c2c(O)[nH]c(C(C)C)c2O)[nH]c2ccccc12. The van der Waals surface area contributed by atoms with Crippen molar-refractivity contribution in [3.63, 3.8) is 0 Å². The Morgan fingerprint density at radius 3 is 2.32 bits per heavy atom.